The van der Waals surface area contributed by atoms with Crippen molar-refractivity contribution in [2.75, 3.05) is 20.2 Å². The van der Waals surface area contributed by atoms with Crippen LogP contribution < -0.4 is 10.1 Å². The maximum Gasteiger partial charge on any atom is 0.251 e. The number of ether oxygens (including phenoxy) is 1. The van der Waals surface area contributed by atoms with Gasteiger partial charge in [0, 0.05) is 31.7 Å². The van der Waals surface area contributed by atoms with Gasteiger partial charge in [0.15, 0.2) is 0 Å². The van der Waals surface area contributed by atoms with Crippen molar-refractivity contribution in [2.24, 2.45) is 0 Å². The first-order valence-electron chi connectivity index (χ1n) is 9.16. The molecule has 144 valence electrons. The number of aliphatic hydroxyl groups is 1. The number of carbonyl (C=O) groups is 1. The van der Waals surface area contributed by atoms with Crippen molar-refractivity contribution in [3.8, 4) is 5.75 Å². The standard InChI is InChI=1S/C21H25FN2O3/c1-23-21(26)16-4-2-15(3-5-16)12-24(18-8-9-18)13-19(25)14-27-20-10-6-17(22)7-11-20/h2-7,10-11,18-19,25H,8-9,12-14H2,1H3,(H,23,26). The van der Waals surface area contributed by atoms with Crippen LogP contribution in [0.3, 0.4) is 0 Å². The van der Waals surface area contributed by atoms with E-state index in [-0.39, 0.29) is 18.3 Å². The Hall–Kier alpha value is -2.44. The Balaban J connectivity index is 1.52. The van der Waals surface area contributed by atoms with E-state index >= 15 is 0 Å². The first-order chi connectivity index (χ1) is 13.0. The van der Waals surface area contributed by atoms with Crippen LogP contribution in [-0.4, -0.2) is 48.3 Å². The predicted molar refractivity (Wildman–Crippen MR) is 101 cm³/mol. The monoisotopic (exact) mass is 372 g/mol. The number of aliphatic hydroxyl groups excluding tert-OH is 1. The Morgan fingerprint density at radius 2 is 1.89 bits per heavy atom. The van der Waals surface area contributed by atoms with Gasteiger partial charge >= 0.3 is 0 Å². The summed E-state index contributed by atoms with van der Waals surface area (Å²) in [5.74, 6) is 0.123. The average molecular weight is 372 g/mol. The highest BCUT2D eigenvalue weighted by Crippen LogP contribution is 2.28. The van der Waals surface area contributed by atoms with Crippen LogP contribution in [0.25, 0.3) is 0 Å². The van der Waals surface area contributed by atoms with Gasteiger partial charge in [-0.05, 0) is 54.8 Å². The summed E-state index contributed by atoms with van der Waals surface area (Å²) in [6.45, 7) is 1.37. The van der Waals surface area contributed by atoms with Gasteiger partial charge in [0.05, 0.1) is 0 Å². The molecule has 2 aromatic rings. The lowest BCUT2D eigenvalue weighted by molar-refractivity contribution is 0.0626. The number of amides is 1. The molecule has 1 atom stereocenters. The van der Waals surface area contributed by atoms with Gasteiger partial charge < -0.3 is 15.2 Å². The minimum atomic E-state index is -0.638. The lowest BCUT2D eigenvalue weighted by Gasteiger charge is -2.25. The molecule has 0 saturated heterocycles. The van der Waals surface area contributed by atoms with Crippen LogP contribution in [0.4, 0.5) is 4.39 Å². The summed E-state index contributed by atoms with van der Waals surface area (Å²) in [5, 5.41) is 13.0. The van der Waals surface area contributed by atoms with Crippen molar-refractivity contribution in [2.45, 2.75) is 31.5 Å². The van der Waals surface area contributed by atoms with Crippen LogP contribution in [0.1, 0.15) is 28.8 Å². The van der Waals surface area contributed by atoms with E-state index in [9.17, 15) is 14.3 Å². The molecule has 1 fully saturated rings. The summed E-state index contributed by atoms with van der Waals surface area (Å²) in [6, 6.07) is 13.8. The van der Waals surface area contributed by atoms with E-state index in [4.69, 9.17) is 4.74 Å². The third kappa shape index (κ3) is 5.77. The fourth-order valence-electron chi connectivity index (χ4n) is 2.97. The predicted octanol–water partition coefficient (Wildman–Crippen LogP) is 2.59. The number of rotatable bonds is 9. The van der Waals surface area contributed by atoms with Gasteiger partial charge in [0.2, 0.25) is 0 Å². The van der Waals surface area contributed by atoms with E-state index in [0.717, 1.165) is 18.4 Å². The SMILES string of the molecule is CNC(=O)c1ccc(CN(CC(O)COc2ccc(F)cc2)C2CC2)cc1. The number of hydrogen-bond donors (Lipinski definition) is 2. The van der Waals surface area contributed by atoms with Crippen LogP contribution in [0, 0.1) is 5.82 Å². The Kier molecular flexibility index (Phi) is 6.42. The average Bonchev–Trinajstić information content (AvgIpc) is 3.52. The molecule has 2 N–H and O–H groups in total. The Morgan fingerprint density at radius 3 is 2.48 bits per heavy atom. The molecule has 3 rings (SSSR count). The molecular weight excluding hydrogens is 347 g/mol. The molecule has 5 nitrogen and oxygen atoms in total. The second-order valence-electron chi connectivity index (χ2n) is 6.86. The quantitative estimate of drug-likeness (QED) is 0.710. The van der Waals surface area contributed by atoms with Gasteiger partial charge in [0.1, 0.15) is 24.3 Å². The number of hydrogen-bond acceptors (Lipinski definition) is 4. The van der Waals surface area contributed by atoms with Gasteiger partial charge in [-0.2, -0.15) is 0 Å². The molecule has 0 bridgehead atoms. The van der Waals surface area contributed by atoms with Gasteiger partial charge in [-0.3, -0.25) is 9.69 Å². The zero-order valence-corrected chi connectivity index (χ0v) is 15.4. The lowest BCUT2D eigenvalue weighted by atomic mass is 10.1. The van der Waals surface area contributed by atoms with Crippen LogP contribution in [0.5, 0.6) is 5.75 Å². The van der Waals surface area contributed by atoms with Gasteiger partial charge in [0.25, 0.3) is 5.91 Å². The summed E-state index contributed by atoms with van der Waals surface area (Å²) in [5.41, 5.74) is 1.73. The van der Waals surface area contributed by atoms with E-state index in [1.54, 1.807) is 19.2 Å². The van der Waals surface area contributed by atoms with E-state index in [2.05, 4.69) is 10.2 Å². The maximum absolute atomic E-state index is 12.9. The second-order valence-corrected chi connectivity index (χ2v) is 6.86. The highest BCUT2D eigenvalue weighted by molar-refractivity contribution is 5.93. The third-order valence-electron chi connectivity index (χ3n) is 4.59. The molecule has 2 aromatic carbocycles. The summed E-state index contributed by atoms with van der Waals surface area (Å²) in [4.78, 5) is 13.9. The molecule has 6 heteroatoms. The number of nitrogens with zero attached hydrogens (tertiary/aromatic N) is 1. The lowest BCUT2D eigenvalue weighted by Crippen LogP contribution is -2.36. The van der Waals surface area contributed by atoms with Gasteiger partial charge in [-0.25, -0.2) is 4.39 Å². The summed E-state index contributed by atoms with van der Waals surface area (Å²) < 4.78 is 18.5. The van der Waals surface area contributed by atoms with E-state index in [1.807, 2.05) is 24.3 Å². The molecule has 0 aromatic heterocycles. The van der Waals surface area contributed by atoms with Crippen molar-refractivity contribution in [1.82, 2.24) is 10.2 Å². The first kappa shape index (κ1) is 19.3. The van der Waals surface area contributed by atoms with Crippen LogP contribution in [-0.2, 0) is 6.54 Å². The van der Waals surface area contributed by atoms with Crippen molar-refractivity contribution in [3.63, 3.8) is 0 Å². The molecule has 1 amide bonds. The molecule has 0 heterocycles. The fourth-order valence-corrected chi connectivity index (χ4v) is 2.97. The molecule has 1 aliphatic carbocycles. The maximum atomic E-state index is 12.9. The van der Waals surface area contributed by atoms with E-state index in [0.29, 0.717) is 30.4 Å². The van der Waals surface area contributed by atoms with E-state index in [1.165, 1.54) is 12.1 Å². The molecule has 1 saturated carbocycles. The summed E-state index contributed by atoms with van der Waals surface area (Å²) in [7, 11) is 1.61. The van der Waals surface area contributed by atoms with Crippen molar-refractivity contribution < 1.29 is 19.0 Å². The van der Waals surface area contributed by atoms with Crippen LogP contribution >= 0.6 is 0 Å². The molecule has 1 unspecified atom stereocenters. The van der Waals surface area contributed by atoms with Crippen LogP contribution in [0.2, 0.25) is 0 Å². The summed E-state index contributed by atoms with van der Waals surface area (Å²) >= 11 is 0. The van der Waals surface area contributed by atoms with E-state index < -0.39 is 6.10 Å². The van der Waals surface area contributed by atoms with Crippen molar-refractivity contribution in [1.29, 1.82) is 0 Å². The first-order valence-corrected chi connectivity index (χ1v) is 9.16. The fraction of sp³-hybridized carbons (Fsp3) is 0.381. The largest absolute Gasteiger partial charge is 0.491 e. The van der Waals surface area contributed by atoms with Crippen molar-refractivity contribution >= 4 is 5.91 Å². The minimum Gasteiger partial charge on any atom is -0.491 e. The number of carbonyl (C=O) groups excluding carboxylic acids is 1. The van der Waals surface area contributed by atoms with Crippen molar-refractivity contribution in [3.05, 3.63) is 65.5 Å². The molecule has 0 radical (unpaired) electrons. The zero-order chi connectivity index (χ0) is 19.2. The number of benzene rings is 2. The smallest absolute Gasteiger partial charge is 0.251 e. The molecule has 1 aliphatic rings. The highest BCUT2D eigenvalue weighted by Gasteiger charge is 2.30. The molecule has 0 spiro atoms. The van der Waals surface area contributed by atoms with Gasteiger partial charge in [-0.15, -0.1) is 0 Å². The van der Waals surface area contributed by atoms with Crippen LogP contribution in [0.15, 0.2) is 48.5 Å². The molecule has 0 aliphatic heterocycles. The Bertz CT molecular complexity index is 745. The molecular formula is C21H25FN2O3. The Morgan fingerprint density at radius 1 is 1.22 bits per heavy atom. The Labute approximate surface area is 158 Å². The van der Waals surface area contributed by atoms with Gasteiger partial charge in [-0.1, -0.05) is 12.1 Å². The topological polar surface area (TPSA) is 61.8 Å². The third-order valence-corrected chi connectivity index (χ3v) is 4.59. The highest BCUT2D eigenvalue weighted by atomic mass is 19.1. The minimum absolute atomic E-state index is 0.103. The number of halogens is 1. The zero-order valence-electron chi connectivity index (χ0n) is 15.4. The molecule has 27 heavy (non-hydrogen) atoms. The number of nitrogens with one attached hydrogen (secondary N) is 1. The summed E-state index contributed by atoms with van der Waals surface area (Å²) in [6.07, 6.45) is 1.62. The normalized spacial score (nSPS) is 14.8. The second kappa shape index (κ2) is 8.97.